The van der Waals surface area contributed by atoms with E-state index in [0.717, 1.165) is 0 Å². The van der Waals surface area contributed by atoms with Crippen LogP contribution in [0.4, 0.5) is 0 Å². The molecule has 0 atom stereocenters. The first-order valence-electron chi connectivity index (χ1n) is 4.76. The van der Waals surface area contributed by atoms with Crippen LogP contribution in [0.15, 0.2) is 0 Å². The standard InChI is InChI=1S/C5H12N.BrH.Mg/c1-4-5-6(2)3;;/h1,4-5H2,2-3H3;1H;/q-1;;+2/p-1/i2D3,3D3;;. The van der Waals surface area contributed by atoms with Gasteiger partial charge in [-0.05, 0) is 20.5 Å². The quantitative estimate of drug-likeness (QED) is 0.346. The molecule has 46 valence electrons. The summed E-state index contributed by atoms with van der Waals surface area (Å²) in [6, 6.07) is 0. The Balaban J connectivity index is -0.000000605. The molecule has 0 fully saturated rings. The SMILES string of the molecule is [2H]C([2H])([2H])N(CC[CH2-])C([2H])([2H])[2H].[Br-].[Mg+2]. The molecule has 0 saturated carbocycles. The van der Waals surface area contributed by atoms with Gasteiger partial charge in [-0.15, -0.1) is 0 Å². The molecular formula is C5H12BrMgN. The molecule has 0 aliphatic carbocycles. The third-order valence-electron chi connectivity index (χ3n) is 0.382. The Bertz CT molecular complexity index is 132. The summed E-state index contributed by atoms with van der Waals surface area (Å²) in [4.78, 5) is 0.493. The Morgan fingerprint density at radius 2 is 2.12 bits per heavy atom. The van der Waals surface area contributed by atoms with Gasteiger partial charge in [0.25, 0.3) is 0 Å². The zero-order valence-corrected chi connectivity index (χ0v) is 7.65. The second-order valence-corrected chi connectivity index (χ2v) is 1.01. The van der Waals surface area contributed by atoms with Gasteiger partial charge in [-0.2, -0.15) is 6.42 Å². The number of nitrogens with zero attached hydrogens (tertiary/aromatic N) is 1. The van der Waals surface area contributed by atoms with Gasteiger partial charge in [-0.1, -0.05) is 0 Å². The summed E-state index contributed by atoms with van der Waals surface area (Å²) in [7, 11) is 0. The minimum atomic E-state index is -2.57. The maximum absolute atomic E-state index is 6.92. The Morgan fingerprint density at radius 3 is 2.25 bits per heavy atom. The molecule has 0 unspecified atom stereocenters. The van der Waals surface area contributed by atoms with Gasteiger partial charge >= 0.3 is 23.1 Å². The fourth-order valence-electron chi connectivity index (χ4n) is 0.158. The molecular weight excluding hydrogens is 178 g/mol. The molecule has 0 aromatic carbocycles. The first-order chi connectivity index (χ1) is 5.19. The number of rotatable bonds is 2. The van der Waals surface area contributed by atoms with Gasteiger partial charge in [0.1, 0.15) is 0 Å². The van der Waals surface area contributed by atoms with Crippen LogP contribution in [-0.4, -0.2) is 48.4 Å². The van der Waals surface area contributed by atoms with Crippen molar-refractivity contribution in [3.8, 4) is 0 Å². The summed E-state index contributed by atoms with van der Waals surface area (Å²) in [6.07, 6.45) is 0.261. The van der Waals surface area contributed by atoms with Crippen LogP contribution < -0.4 is 17.0 Å². The van der Waals surface area contributed by atoms with Gasteiger partial charge in [0.15, 0.2) is 0 Å². The molecule has 0 bridgehead atoms. The minimum Gasteiger partial charge on any atom is -1.00 e. The summed E-state index contributed by atoms with van der Waals surface area (Å²) >= 11 is 0. The third-order valence-corrected chi connectivity index (χ3v) is 0.382. The van der Waals surface area contributed by atoms with Crippen molar-refractivity contribution in [2.75, 3.05) is 20.5 Å². The fourth-order valence-corrected chi connectivity index (χ4v) is 0.158. The zero-order valence-electron chi connectivity index (χ0n) is 10.7. The van der Waals surface area contributed by atoms with Gasteiger partial charge in [0, 0.05) is 8.22 Å². The molecule has 0 rings (SSSR count). The molecule has 0 N–H and O–H groups in total. The predicted octanol–water partition coefficient (Wildman–Crippen LogP) is -2.60. The number of halogens is 1. The average Bonchev–Trinajstić information content (AvgIpc) is 1.77. The molecule has 3 heteroatoms. The second-order valence-electron chi connectivity index (χ2n) is 1.01. The van der Waals surface area contributed by atoms with Crippen LogP contribution in [0.2, 0.25) is 0 Å². The summed E-state index contributed by atoms with van der Waals surface area (Å²) in [5, 5.41) is 0. The Hall–Kier alpha value is 1.21. The van der Waals surface area contributed by atoms with Crippen molar-refractivity contribution in [3.05, 3.63) is 6.92 Å². The van der Waals surface area contributed by atoms with E-state index in [1.165, 1.54) is 0 Å². The monoisotopic (exact) mass is 195 g/mol. The Kier molecular flexibility index (Phi) is 5.75. The summed E-state index contributed by atoms with van der Waals surface area (Å²) in [6.45, 7) is -1.77. The molecule has 0 amide bonds. The molecule has 0 aromatic rings. The first-order valence-corrected chi connectivity index (χ1v) is 1.76. The van der Waals surface area contributed by atoms with Crippen molar-refractivity contribution >= 4 is 23.1 Å². The largest absolute Gasteiger partial charge is 2.00 e. The second kappa shape index (κ2) is 11.1. The van der Waals surface area contributed by atoms with Crippen molar-refractivity contribution < 1.29 is 25.2 Å². The normalized spacial score (nSPS) is 21.8. The van der Waals surface area contributed by atoms with Crippen molar-refractivity contribution in [1.82, 2.24) is 4.90 Å². The summed E-state index contributed by atoms with van der Waals surface area (Å²) in [5.41, 5.74) is 0. The van der Waals surface area contributed by atoms with Crippen LogP contribution in [0, 0.1) is 6.92 Å². The van der Waals surface area contributed by atoms with Crippen LogP contribution in [0.3, 0.4) is 0 Å². The Morgan fingerprint density at radius 1 is 1.62 bits per heavy atom. The van der Waals surface area contributed by atoms with E-state index < -0.39 is 14.0 Å². The van der Waals surface area contributed by atoms with Crippen LogP contribution in [0.25, 0.3) is 0 Å². The molecule has 8 heavy (non-hydrogen) atoms. The van der Waals surface area contributed by atoms with Crippen molar-refractivity contribution in [2.24, 2.45) is 0 Å². The molecule has 0 aromatic heterocycles. The maximum atomic E-state index is 6.92. The maximum Gasteiger partial charge on any atom is 2.00 e. The molecule has 0 aliphatic heterocycles. The number of hydrogen-bond donors (Lipinski definition) is 0. The third kappa shape index (κ3) is 15.7. The van der Waals surface area contributed by atoms with E-state index in [1.54, 1.807) is 0 Å². The van der Waals surface area contributed by atoms with Gasteiger partial charge in [0.2, 0.25) is 0 Å². The predicted molar refractivity (Wildman–Crippen MR) is 34.3 cm³/mol. The number of hydrogen-bond acceptors (Lipinski definition) is 1. The van der Waals surface area contributed by atoms with Crippen LogP contribution >= 0.6 is 0 Å². The van der Waals surface area contributed by atoms with E-state index in [1.807, 2.05) is 0 Å². The van der Waals surface area contributed by atoms with E-state index in [-0.39, 0.29) is 53.0 Å². The van der Waals surface area contributed by atoms with E-state index >= 15 is 0 Å². The van der Waals surface area contributed by atoms with Gasteiger partial charge in [0.05, 0.1) is 0 Å². The summed E-state index contributed by atoms with van der Waals surface area (Å²) in [5.74, 6) is 0. The van der Waals surface area contributed by atoms with Gasteiger partial charge in [-0.25, -0.2) is 0 Å². The molecule has 0 radical (unpaired) electrons. The van der Waals surface area contributed by atoms with E-state index in [9.17, 15) is 0 Å². The molecule has 0 saturated heterocycles. The molecule has 0 spiro atoms. The van der Waals surface area contributed by atoms with Gasteiger partial charge < -0.3 is 28.8 Å². The fraction of sp³-hybridized carbons (Fsp3) is 0.800. The van der Waals surface area contributed by atoms with Crippen molar-refractivity contribution in [3.63, 3.8) is 0 Å². The van der Waals surface area contributed by atoms with E-state index in [4.69, 9.17) is 8.22 Å². The molecule has 1 nitrogen and oxygen atoms in total. The average molecular weight is 196 g/mol. The first kappa shape index (κ1) is 4.16. The molecule has 0 aliphatic rings. The van der Waals surface area contributed by atoms with E-state index in [0.29, 0.717) is 4.90 Å². The summed E-state index contributed by atoms with van der Waals surface area (Å²) < 4.78 is 41.5. The van der Waals surface area contributed by atoms with Crippen LogP contribution in [0.1, 0.15) is 14.6 Å². The van der Waals surface area contributed by atoms with Crippen LogP contribution in [-0.2, 0) is 0 Å². The zero-order chi connectivity index (χ0) is 9.99. The van der Waals surface area contributed by atoms with Crippen LogP contribution in [0.5, 0.6) is 0 Å². The van der Waals surface area contributed by atoms with Gasteiger partial charge in [-0.3, -0.25) is 0 Å². The van der Waals surface area contributed by atoms with Crippen molar-refractivity contribution in [2.45, 2.75) is 6.42 Å². The molecule has 0 heterocycles. The van der Waals surface area contributed by atoms with E-state index in [2.05, 4.69) is 6.92 Å². The topological polar surface area (TPSA) is 3.24 Å². The smallest absolute Gasteiger partial charge is 1.00 e. The minimum absolute atomic E-state index is 0. The Labute approximate surface area is 87.2 Å². The van der Waals surface area contributed by atoms with Crippen molar-refractivity contribution in [1.29, 1.82) is 0 Å².